The summed E-state index contributed by atoms with van der Waals surface area (Å²) in [6.45, 7) is 11.7. The maximum atomic E-state index is 12.0. The van der Waals surface area contributed by atoms with Gasteiger partial charge in [0, 0.05) is 25.7 Å². The summed E-state index contributed by atoms with van der Waals surface area (Å²) >= 11 is 0. The number of nitrogens with one attached hydrogen (secondary N) is 1. The molecule has 5 nitrogen and oxygen atoms in total. The molecule has 1 aliphatic rings. The van der Waals surface area contributed by atoms with E-state index in [1.54, 1.807) is 4.90 Å². The van der Waals surface area contributed by atoms with Gasteiger partial charge in [0.1, 0.15) is 5.60 Å². The van der Waals surface area contributed by atoms with E-state index in [-0.39, 0.29) is 6.09 Å². The van der Waals surface area contributed by atoms with Crippen LogP contribution >= 0.6 is 0 Å². The molecule has 1 amide bonds. The fourth-order valence-corrected chi connectivity index (χ4v) is 2.43. The van der Waals surface area contributed by atoms with Crippen LogP contribution in [0.1, 0.15) is 60.3 Å². The summed E-state index contributed by atoms with van der Waals surface area (Å²) in [4.78, 5) is 13.7. The second kappa shape index (κ2) is 7.45. The first-order valence-corrected chi connectivity index (χ1v) is 8.13. The van der Waals surface area contributed by atoms with Crippen molar-refractivity contribution in [1.29, 1.82) is 0 Å². The Morgan fingerprint density at radius 3 is 2.19 bits per heavy atom. The molecule has 0 saturated carbocycles. The second-order valence-corrected chi connectivity index (χ2v) is 7.05. The zero-order chi connectivity index (χ0) is 16.1. The highest BCUT2D eigenvalue weighted by Gasteiger charge is 2.28. The van der Waals surface area contributed by atoms with E-state index >= 15 is 0 Å². The minimum absolute atomic E-state index is 0.223. The zero-order valence-electron chi connectivity index (χ0n) is 14.2. The first kappa shape index (κ1) is 18.2. The Hall–Kier alpha value is -0.810. The highest BCUT2D eigenvalue weighted by Crippen LogP contribution is 2.17. The Labute approximate surface area is 129 Å². The number of hydrogen-bond donors (Lipinski definition) is 2. The smallest absolute Gasteiger partial charge is 0.410 e. The molecule has 0 aromatic carbocycles. The summed E-state index contributed by atoms with van der Waals surface area (Å²) in [6, 6.07) is 0.369. The predicted molar refractivity (Wildman–Crippen MR) is 84.4 cm³/mol. The van der Waals surface area contributed by atoms with Crippen molar-refractivity contribution in [2.24, 2.45) is 0 Å². The number of hydrogen-bond acceptors (Lipinski definition) is 4. The molecule has 1 fully saturated rings. The van der Waals surface area contributed by atoms with Crippen molar-refractivity contribution < 1.29 is 14.6 Å². The molecular formula is C16H32N2O3. The summed E-state index contributed by atoms with van der Waals surface area (Å²) in [5.41, 5.74) is -1.05. The Morgan fingerprint density at radius 2 is 1.76 bits per heavy atom. The maximum absolute atomic E-state index is 12.0. The van der Waals surface area contributed by atoms with Gasteiger partial charge in [-0.3, -0.25) is 0 Å². The highest BCUT2D eigenvalue weighted by molar-refractivity contribution is 5.68. The highest BCUT2D eigenvalue weighted by atomic mass is 16.6. The van der Waals surface area contributed by atoms with Crippen molar-refractivity contribution in [3.05, 3.63) is 0 Å². The molecule has 0 aromatic heterocycles. The monoisotopic (exact) mass is 300 g/mol. The van der Waals surface area contributed by atoms with Gasteiger partial charge >= 0.3 is 6.09 Å². The van der Waals surface area contributed by atoms with E-state index in [2.05, 4.69) is 5.32 Å². The first-order chi connectivity index (χ1) is 9.69. The molecular weight excluding hydrogens is 268 g/mol. The van der Waals surface area contributed by atoms with Crippen LogP contribution in [0.3, 0.4) is 0 Å². The van der Waals surface area contributed by atoms with Crippen LogP contribution in [0, 0.1) is 0 Å². The molecule has 0 spiro atoms. The topological polar surface area (TPSA) is 61.8 Å². The van der Waals surface area contributed by atoms with Gasteiger partial charge < -0.3 is 20.1 Å². The number of carbonyl (C=O) groups excluding carboxylic acids is 1. The SMILES string of the molecule is CCC(O)(CC)CNC1CCN(C(=O)OC(C)(C)C)CC1. The molecule has 1 saturated heterocycles. The number of amides is 1. The van der Waals surface area contributed by atoms with E-state index in [1.807, 2.05) is 34.6 Å². The summed E-state index contributed by atoms with van der Waals surface area (Å²) < 4.78 is 5.39. The Bertz CT molecular complexity index is 327. The van der Waals surface area contributed by atoms with Crippen LogP contribution in [-0.4, -0.2) is 53.0 Å². The molecule has 0 unspecified atom stereocenters. The van der Waals surface area contributed by atoms with Gasteiger partial charge in [0.25, 0.3) is 0 Å². The van der Waals surface area contributed by atoms with Crippen molar-refractivity contribution in [2.75, 3.05) is 19.6 Å². The fourth-order valence-electron chi connectivity index (χ4n) is 2.43. The van der Waals surface area contributed by atoms with Gasteiger partial charge in [-0.2, -0.15) is 0 Å². The standard InChI is InChI=1S/C16H32N2O3/c1-6-16(20,7-2)12-17-13-8-10-18(11-9-13)14(19)21-15(3,4)5/h13,17,20H,6-12H2,1-5H3. The van der Waals surface area contributed by atoms with Crippen LogP contribution in [0.15, 0.2) is 0 Å². The van der Waals surface area contributed by atoms with Crippen molar-refractivity contribution in [3.63, 3.8) is 0 Å². The summed E-state index contributed by atoms with van der Waals surface area (Å²) in [5, 5.41) is 13.7. The molecule has 0 radical (unpaired) electrons. The summed E-state index contributed by atoms with van der Waals surface area (Å²) in [7, 11) is 0. The van der Waals surface area contributed by atoms with E-state index in [4.69, 9.17) is 4.74 Å². The lowest BCUT2D eigenvalue weighted by atomic mass is 9.96. The Morgan fingerprint density at radius 1 is 1.24 bits per heavy atom. The number of aliphatic hydroxyl groups is 1. The first-order valence-electron chi connectivity index (χ1n) is 8.13. The third-order valence-electron chi connectivity index (χ3n) is 4.18. The van der Waals surface area contributed by atoms with Crippen molar-refractivity contribution in [1.82, 2.24) is 10.2 Å². The number of nitrogens with zero attached hydrogens (tertiary/aromatic N) is 1. The summed E-state index contributed by atoms with van der Waals surface area (Å²) in [6.07, 6.45) is 3.10. The Balaban J connectivity index is 2.34. The number of ether oxygens (including phenoxy) is 1. The van der Waals surface area contributed by atoms with Gasteiger partial charge in [0.15, 0.2) is 0 Å². The molecule has 1 rings (SSSR count). The van der Waals surface area contributed by atoms with Crippen LogP contribution < -0.4 is 5.32 Å². The van der Waals surface area contributed by atoms with Crippen LogP contribution in [0.5, 0.6) is 0 Å². The Kier molecular flexibility index (Phi) is 6.47. The second-order valence-electron chi connectivity index (χ2n) is 7.05. The van der Waals surface area contributed by atoms with Gasteiger partial charge in [0.05, 0.1) is 5.60 Å². The zero-order valence-corrected chi connectivity index (χ0v) is 14.2. The van der Waals surface area contributed by atoms with E-state index in [0.29, 0.717) is 25.7 Å². The predicted octanol–water partition coefficient (Wildman–Crippen LogP) is 2.53. The largest absolute Gasteiger partial charge is 0.444 e. The van der Waals surface area contributed by atoms with Crippen LogP contribution in [0.2, 0.25) is 0 Å². The van der Waals surface area contributed by atoms with E-state index in [9.17, 15) is 9.90 Å². The van der Waals surface area contributed by atoms with E-state index in [0.717, 1.165) is 25.7 Å². The number of piperidine rings is 1. The van der Waals surface area contributed by atoms with Gasteiger partial charge in [0.2, 0.25) is 0 Å². The lowest BCUT2D eigenvalue weighted by Gasteiger charge is -2.35. The van der Waals surface area contributed by atoms with E-state index < -0.39 is 11.2 Å². The van der Waals surface area contributed by atoms with E-state index in [1.165, 1.54) is 0 Å². The molecule has 1 heterocycles. The third-order valence-corrected chi connectivity index (χ3v) is 4.18. The third kappa shape index (κ3) is 6.22. The minimum atomic E-state index is -0.609. The summed E-state index contributed by atoms with van der Waals surface area (Å²) in [5.74, 6) is 0. The maximum Gasteiger partial charge on any atom is 0.410 e. The van der Waals surface area contributed by atoms with Gasteiger partial charge in [-0.1, -0.05) is 13.8 Å². The molecule has 5 heteroatoms. The molecule has 0 atom stereocenters. The van der Waals surface area contributed by atoms with Gasteiger partial charge in [-0.15, -0.1) is 0 Å². The van der Waals surface area contributed by atoms with Crippen LogP contribution in [0.4, 0.5) is 4.79 Å². The lowest BCUT2D eigenvalue weighted by Crippen LogP contribution is -2.50. The van der Waals surface area contributed by atoms with Crippen molar-refractivity contribution >= 4 is 6.09 Å². The molecule has 0 aliphatic carbocycles. The van der Waals surface area contributed by atoms with Crippen LogP contribution in [-0.2, 0) is 4.74 Å². The van der Waals surface area contributed by atoms with Crippen molar-refractivity contribution in [2.45, 2.75) is 77.5 Å². The number of rotatable bonds is 5. The molecule has 1 aliphatic heterocycles. The minimum Gasteiger partial charge on any atom is -0.444 e. The fraction of sp³-hybridized carbons (Fsp3) is 0.938. The number of carbonyl (C=O) groups is 1. The van der Waals surface area contributed by atoms with Gasteiger partial charge in [-0.25, -0.2) is 4.79 Å². The normalized spacial score (nSPS) is 17.9. The van der Waals surface area contributed by atoms with Crippen molar-refractivity contribution in [3.8, 4) is 0 Å². The molecule has 2 N–H and O–H groups in total. The lowest BCUT2D eigenvalue weighted by molar-refractivity contribution is 0.0142. The molecule has 0 aromatic rings. The molecule has 0 bridgehead atoms. The average molecular weight is 300 g/mol. The van der Waals surface area contributed by atoms with Crippen LogP contribution in [0.25, 0.3) is 0 Å². The molecule has 124 valence electrons. The molecule has 21 heavy (non-hydrogen) atoms. The van der Waals surface area contributed by atoms with Gasteiger partial charge in [-0.05, 0) is 46.5 Å². The average Bonchev–Trinajstić information content (AvgIpc) is 2.43. The quantitative estimate of drug-likeness (QED) is 0.819. The number of likely N-dealkylation sites (tertiary alicyclic amines) is 1.